The number of phosphoric ester groups is 1. The van der Waals surface area contributed by atoms with E-state index in [1.807, 2.05) is 0 Å². The number of nitrogens with one attached hydrogen (secondary N) is 1. The number of aliphatic hydroxyl groups excluding tert-OH is 2. The fourth-order valence-electron chi connectivity index (χ4n) is 2.31. The van der Waals surface area contributed by atoms with Gasteiger partial charge in [-0.2, -0.15) is 0 Å². The van der Waals surface area contributed by atoms with E-state index in [1.54, 1.807) is 0 Å². The van der Waals surface area contributed by atoms with Gasteiger partial charge in [-0.05, 0) is 0 Å². The SMILES string of the molecule is O=c1[nH]cnc2c1ncn2[C@@H]1O[C@H](COP(=O)([O-])[O-])[C@H](O)[C@H]1O.[Na+].[Na+]. The van der Waals surface area contributed by atoms with Crippen molar-refractivity contribution in [3.8, 4) is 0 Å². The minimum absolute atomic E-state index is 0. The number of hydrogen-bond donors (Lipinski definition) is 3. The molecule has 3 rings (SSSR count). The summed E-state index contributed by atoms with van der Waals surface area (Å²) < 4.78 is 21.1. The monoisotopic (exact) mass is 392 g/mol. The zero-order valence-electron chi connectivity index (χ0n) is 13.3. The van der Waals surface area contributed by atoms with Gasteiger partial charge in [-0.15, -0.1) is 0 Å². The van der Waals surface area contributed by atoms with Crippen LogP contribution in [0.2, 0.25) is 0 Å². The number of aliphatic hydroxyl groups is 2. The predicted molar refractivity (Wildman–Crippen MR) is 67.6 cm³/mol. The normalized spacial score (nSPS) is 26.2. The Hall–Kier alpha value is 0.340. The molecule has 0 saturated carbocycles. The molecule has 0 aromatic carbocycles. The van der Waals surface area contributed by atoms with Gasteiger partial charge in [0.05, 0.1) is 27.1 Å². The van der Waals surface area contributed by atoms with E-state index < -0.39 is 44.5 Å². The summed E-state index contributed by atoms with van der Waals surface area (Å²) >= 11 is 0. The molecular formula is C10H11N4Na2O8P. The van der Waals surface area contributed by atoms with Gasteiger partial charge >= 0.3 is 59.1 Å². The van der Waals surface area contributed by atoms with Crippen LogP contribution in [0.3, 0.4) is 0 Å². The second-order valence-corrected chi connectivity index (χ2v) is 6.00. The van der Waals surface area contributed by atoms with Gasteiger partial charge in [0.1, 0.15) is 18.3 Å². The van der Waals surface area contributed by atoms with Crippen molar-refractivity contribution in [1.82, 2.24) is 19.5 Å². The first-order valence-corrected chi connectivity index (χ1v) is 7.82. The number of nitrogens with zero attached hydrogens (tertiary/aromatic N) is 3. The van der Waals surface area contributed by atoms with E-state index in [1.165, 1.54) is 10.9 Å². The molecule has 15 heteroatoms. The molecule has 12 nitrogen and oxygen atoms in total. The third kappa shape index (κ3) is 4.99. The molecule has 0 unspecified atom stereocenters. The molecule has 3 heterocycles. The Morgan fingerprint density at radius 3 is 2.64 bits per heavy atom. The molecule has 2 aromatic rings. The van der Waals surface area contributed by atoms with Crippen LogP contribution in [0.5, 0.6) is 0 Å². The van der Waals surface area contributed by atoms with Crippen molar-refractivity contribution >= 4 is 19.0 Å². The van der Waals surface area contributed by atoms with E-state index >= 15 is 0 Å². The number of hydrogen-bond acceptors (Lipinski definition) is 10. The summed E-state index contributed by atoms with van der Waals surface area (Å²) in [6, 6.07) is 0. The van der Waals surface area contributed by atoms with Crippen molar-refractivity contribution in [2.45, 2.75) is 24.5 Å². The van der Waals surface area contributed by atoms with E-state index in [-0.39, 0.29) is 70.3 Å². The molecule has 0 amide bonds. The molecule has 25 heavy (non-hydrogen) atoms. The van der Waals surface area contributed by atoms with Crippen molar-refractivity contribution in [2.24, 2.45) is 0 Å². The molecule has 126 valence electrons. The van der Waals surface area contributed by atoms with Crippen molar-refractivity contribution in [3.63, 3.8) is 0 Å². The standard InChI is InChI=1S/C10H13N4O8P.2Na/c15-6-4(1-21-23(18,19)20)22-10(7(6)16)14-3-13-5-8(14)11-2-12-9(5)17;;/h2-4,6-7,10,15-16H,1H2,(H,11,12,17)(H2,18,19,20);;/q;2*+1/p-2/t4-,6+,7-,10-;;/m1../s1. The molecule has 4 atom stereocenters. The average molecular weight is 392 g/mol. The molecule has 2 aromatic heterocycles. The molecule has 1 aliphatic heterocycles. The third-order valence-electron chi connectivity index (χ3n) is 3.37. The smallest absolute Gasteiger partial charge is 0.790 e. The van der Waals surface area contributed by atoms with Gasteiger partial charge in [-0.3, -0.25) is 9.36 Å². The van der Waals surface area contributed by atoms with E-state index in [2.05, 4.69) is 19.5 Å². The summed E-state index contributed by atoms with van der Waals surface area (Å²) in [7, 11) is -5.24. The van der Waals surface area contributed by atoms with Gasteiger partial charge in [0, 0.05) is 0 Å². The summed E-state index contributed by atoms with van der Waals surface area (Å²) in [5, 5.41) is 19.9. The second-order valence-electron chi connectivity index (χ2n) is 4.84. The van der Waals surface area contributed by atoms with Crippen LogP contribution < -0.4 is 74.5 Å². The third-order valence-corrected chi connectivity index (χ3v) is 3.84. The number of H-pyrrole nitrogens is 1. The van der Waals surface area contributed by atoms with Gasteiger partial charge in [0.2, 0.25) is 0 Å². The van der Waals surface area contributed by atoms with Crippen LogP contribution in [-0.4, -0.2) is 54.7 Å². The van der Waals surface area contributed by atoms with Crippen LogP contribution in [0.1, 0.15) is 6.23 Å². The maximum Gasteiger partial charge on any atom is 1.00 e. The fourth-order valence-corrected chi connectivity index (χ4v) is 2.64. The van der Waals surface area contributed by atoms with Crippen LogP contribution in [-0.2, 0) is 13.8 Å². The minimum atomic E-state index is -5.24. The Morgan fingerprint density at radius 2 is 2.00 bits per heavy atom. The number of fused-ring (bicyclic) bond motifs is 1. The quantitative estimate of drug-likeness (QED) is 0.333. The molecule has 0 radical (unpaired) electrons. The first kappa shape index (κ1) is 23.4. The van der Waals surface area contributed by atoms with Crippen molar-refractivity contribution in [1.29, 1.82) is 0 Å². The van der Waals surface area contributed by atoms with Gasteiger partial charge in [-0.1, -0.05) is 0 Å². The summed E-state index contributed by atoms with van der Waals surface area (Å²) in [5.41, 5.74) is -0.397. The molecule has 0 spiro atoms. The Bertz CT molecular complexity index is 825. The number of aromatic nitrogens is 4. The van der Waals surface area contributed by atoms with Gasteiger partial charge < -0.3 is 38.8 Å². The molecule has 3 N–H and O–H groups in total. The van der Waals surface area contributed by atoms with Crippen LogP contribution in [0.4, 0.5) is 0 Å². The Morgan fingerprint density at radius 1 is 1.32 bits per heavy atom. The first-order valence-electron chi connectivity index (χ1n) is 6.36. The Balaban J connectivity index is 0.00000156. The molecule has 0 aliphatic carbocycles. The van der Waals surface area contributed by atoms with Crippen molar-refractivity contribution in [3.05, 3.63) is 23.0 Å². The maximum absolute atomic E-state index is 11.6. The van der Waals surface area contributed by atoms with Crippen LogP contribution in [0, 0.1) is 0 Å². The van der Waals surface area contributed by atoms with Gasteiger partial charge in [-0.25, -0.2) is 9.97 Å². The first-order chi connectivity index (χ1) is 10.8. The number of phosphoric acid groups is 1. The van der Waals surface area contributed by atoms with Gasteiger partial charge in [0.25, 0.3) is 5.56 Å². The topological polar surface area (TPSA) is 186 Å². The molecule has 0 bridgehead atoms. The average Bonchev–Trinajstić information content (AvgIpc) is 3.01. The number of rotatable bonds is 4. The molecule has 1 fully saturated rings. The maximum atomic E-state index is 11.6. The van der Waals surface area contributed by atoms with E-state index in [4.69, 9.17) is 4.74 Å². The molecular weight excluding hydrogens is 381 g/mol. The van der Waals surface area contributed by atoms with Crippen molar-refractivity contribution < 1.29 is 92.9 Å². The minimum Gasteiger partial charge on any atom is -0.790 e. The largest absolute Gasteiger partial charge is 1.00 e. The van der Waals surface area contributed by atoms with Crippen LogP contribution in [0.15, 0.2) is 17.4 Å². The molecule has 1 saturated heterocycles. The second kappa shape index (κ2) is 9.02. The number of aromatic amines is 1. The predicted octanol–water partition coefficient (Wildman–Crippen LogP) is -9.41. The Labute approximate surface area is 184 Å². The van der Waals surface area contributed by atoms with Gasteiger partial charge in [0.15, 0.2) is 17.4 Å². The van der Waals surface area contributed by atoms with E-state index in [0.717, 1.165) is 6.33 Å². The van der Waals surface area contributed by atoms with Crippen molar-refractivity contribution in [2.75, 3.05) is 6.61 Å². The summed E-state index contributed by atoms with van der Waals surface area (Å²) in [6.07, 6.45) is -3.11. The number of imidazole rings is 1. The van der Waals surface area contributed by atoms with Crippen LogP contribution in [0.25, 0.3) is 11.2 Å². The summed E-state index contributed by atoms with van der Waals surface area (Å²) in [4.78, 5) is 42.6. The van der Waals surface area contributed by atoms with E-state index in [9.17, 15) is 29.4 Å². The zero-order valence-corrected chi connectivity index (χ0v) is 18.2. The zero-order chi connectivity index (χ0) is 16.8. The fraction of sp³-hybridized carbons (Fsp3) is 0.500. The Kier molecular flexibility index (Phi) is 8.44. The summed E-state index contributed by atoms with van der Waals surface area (Å²) in [6.45, 7) is -0.750. The van der Waals surface area contributed by atoms with E-state index in [0.29, 0.717) is 0 Å². The molecule has 1 aliphatic rings. The summed E-state index contributed by atoms with van der Waals surface area (Å²) in [5.74, 6) is 0. The number of ether oxygens (including phenoxy) is 1. The van der Waals surface area contributed by atoms with Crippen LogP contribution >= 0.6 is 7.82 Å².